The number of hydrogen-bond acceptors (Lipinski definition) is 4. The molecular formula is C8H14O4. The summed E-state index contributed by atoms with van der Waals surface area (Å²) in [7, 11) is 0. The summed E-state index contributed by atoms with van der Waals surface area (Å²) in [5, 5.41) is 16.8. The summed E-state index contributed by atoms with van der Waals surface area (Å²) in [5.74, 6) is -0.518. The van der Waals surface area contributed by atoms with Crippen molar-refractivity contribution in [1.82, 2.24) is 0 Å². The fourth-order valence-corrected chi connectivity index (χ4v) is 0.545. The molecular weight excluding hydrogens is 160 g/mol. The Morgan fingerprint density at radius 2 is 2.17 bits per heavy atom. The summed E-state index contributed by atoms with van der Waals surface area (Å²) in [6.45, 7) is 1.85. The van der Waals surface area contributed by atoms with Gasteiger partial charge in [0.2, 0.25) is 0 Å². The molecule has 0 saturated heterocycles. The molecule has 0 atom stereocenters. The topological polar surface area (TPSA) is 66.8 Å². The van der Waals surface area contributed by atoms with Crippen molar-refractivity contribution in [1.29, 1.82) is 0 Å². The quantitative estimate of drug-likeness (QED) is 0.279. The maximum Gasteiger partial charge on any atom is 0.336 e. The molecule has 0 radical (unpaired) electrons. The Balaban J connectivity index is 3.45. The number of aliphatic hydroxyl groups excluding tert-OH is 2. The third-order valence-electron chi connectivity index (χ3n) is 1.30. The van der Waals surface area contributed by atoms with Crippen molar-refractivity contribution in [3.8, 4) is 0 Å². The summed E-state index contributed by atoms with van der Waals surface area (Å²) in [6.07, 6.45) is 1.98. The van der Waals surface area contributed by atoms with Crippen LogP contribution in [0.5, 0.6) is 0 Å². The van der Waals surface area contributed by atoms with Crippen LogP contribution in [0.3, 0.4) is 0 Å². The summed E-state index contributed by atoms with van der Waals surface area (Å²) in [4.78, 5) is 10.8. The van der Waals surface area contributed by atoms with Gasteiger partial charge in [0.25, 0.3) is 0 Å². The molecule has 0 aliphatic heterocycles. The van der Waals surface area contributed by atoms with Crippen molar-refractivity contribution in [2.45, 2.75) is 19.8 Å². The van der Waals surface area contributed by atoms with E-state index in [4.69, 9.17) is 14.9 Å². The molecule has 0 aromatic carbocycles. The largest absolute Gasteiger partial charge is 0.515 e. The number of unbranched alkanes of at least 4 members (excludes halogenated alkanes) is 1. The molecule has 12 heavy (non-hydrogen) atoms. The minimum absolute atomic E-state index is 0.104. The fourth-order valence-electron chi connectivity index (χ4n) is 0.545. The normalized spacial score (nSPS) is 11.3. The fraction of sp³-hybridized carbons (Fsp3) is 0.625. The number of hydrogen-bond donors (Lipinski definition) is 2. The van der Waals surface area contributed by atoms with E-state index in [0.29, 0.717) is 19.1 Å². The molecule has 4 heteroatoms. The van der Waals surface area contributed by atoms with E-state index in [1.807, 2.05) is 0 Å². The molecule has 0 heterocycles. The molecule has 0 aromatic heterocycles. The van der Waals surface area contributed by atoms with Crippen molar-refractivity contribution >= 4 is 5.97 Å². The third kappa shape index (κ3) is 4.73. The highest BCUT2D eigenvalue weighted by molar-refractivity contribution is 5.87. The van der Waals surface area contributed by atoms with Crippen molar-refractivity contribution in [3.63, 3.8) is 0 Å². The highest BCUT2D eigenvalue weighted by Gasteiger charge is 2.03. The van der Waals surface area contributed by atoms with Crippen LogP contribution in [-0.4, -0.2) is 29.4 Å². The second-order valence-corrected chi connectivity index (χ2v) is 2.38. The van der Waals surface area contributed by atoms with Crippen LogP contribution in [0.25, 0.3) is 0 Å². The first kappa shape index (κ1) is 11.0. The van der Waals surface area contributed by atoms with Gasteiger partial charge in [0.1, 0.15) is 0 Å². The van der Waals surface area contributed by atoms with Crippen LogP contribution < -0.4 is 0 Å². The molecule has 0 bridgehead atoms. The van der Waals surface area contributed by atoms with E-state index in [1.165, 1.54) is 6.92 Å². The Hall–Kier alpha value is -1.03. The van der Waals surface area contributed by atoms with E-state index in [9.17, 15) is 4.79 Å². The number of rotatable bonds is 5. The van der Waals surface area contributed by atoms with Crippen molar-refractivity contribution < 1.29 is 19.7 Å². The number of carbonyl (C=O) groups excluding carboxylic acids is 1. The molecule has 0 spiro atoms. The van der Waals surface area contributed by atoms with Gasteiger partial charge in [-0.3, -0.25) is 0 Å². The molecule has 70 valence electrons. The zero-order chi connectivity index (χ0) is 9.40. The predicted molar refractivity (Wildman–Crippen MR) is 43.7 cm³/mol. The van der Waals surface area contributed by atoms with Gasteiger partial charge < -0.3 is 14.9 Å². The van der Waals surface area contributed by atoms with Crippen LogP contribution in [0.4, 0.5) is 0 Å². The van der Waals surface area contributed by atoms with Gasteiger partial charge in [-0.2, -0.15) is 0 Å². The third-order valence-corrected chi connectivity index (χ3v) is 1.30. The smallest absolute Gasteiger partial charge is 0.336 e. The van der Waals surface area contributed by atoms with Gasteiger partial charge >= 0.3 is 5.97 Å². The lowest BCUT2D eigenvalue weighted by Crippen LogP contribution is -2.07. The zero-order valence-electron chi connectivity index (χ0n) is 7.12. The summed E-state index contributed by atoms with van der Waals surface area (Å²) in [6, 6.07) is 0. The molecule has 0 amide bonds. The standard InChI is InChI=1S/C8H14O4/c1-7(6-10)8(11)12-5-3-2-4-9/h6,9-10H,2-5H2,1H3. The van der Waals surface area contributed by atoms with Crippen LogP contribution in [0, 0.1) is 0 Å². The summed E-state index contributed by atoms with van der Waals surface area (Å²) >= 11 is 0. The zero-order valence-corrected chi connectivity index (χ0v) is 7.12. The molecule has 0 aliphatic rings. The highest BCUT2D eigenvalue weighted by Crippen LogP contribution is 1.96. The van der Waals surface area contributed by atoms with Crippen molar-refractivity contribution in [3.05, 3.63) is 11.8 Å². The number of esters is 1. The first-order chi connectivity index (χ1) is 5.72. The van der Waals surface area contributed by atoms with E-state index in [1.54, 1.807) is 0 Å². The predicted octanol–water partition coefficient (Wildman–Crippen LogP) is 0.764. The molecule has 0 aliphatic carbocycles. The van der Waals surface area contributed by atoms with Gasteiger partial charge in [-0.25, -0.2) is 4.79 Å². The van der Waals surface area contributed by atoms with Crippen molar-refractivity contribution in [2.75, 3.05) is 13.2 Å². The Morgan fingerprint density at radius 1 is 1.50 bits per heavy atom. The second-order valence-electron chi connectivity index (χ2n) is 2.38. The number of carbonyl (C=O) groups is 1. The van der Waals surface area contributed by atoms with Crippen LogP contribution >= 0.6 is 0 Å². The average molecular weight is 174 g/mol. The number of aliphatic hydroxyl groups is 2. The van der Waals surface area contributed by atoms with Crippen LogP contribution in [-0.2, 0) is 9.53 Å². The molecule has 0 rings (SSSR count). The molecule has 0 saturated carbocycles. The lowest BCUT2D eigenvalue weighted by molar-refractivity contribution is -0.139. The SMILES string of the molecule is CC(=CO)C(=O)OCCCCO. The van der Waals surface area contributed by atoms with E-state index < -0.39 is 5.97 Å². The molecule has 0 unspecified atom stereocenters. The minimum Gasteiger partial charge on any atom is -0.515 e. The highest BCUT2D eigenvalue weighted by atomic mass is 16.5. The Morgan fingerprint density at radius 3 is 2.67 bits per heavy atom. The van der Waals surface area contributed by atoms with Gasteiger partial charge in [0.05, 0.1) is 18.4 Å². The maximum absolute atomic E-state index is 10.8. The van der Waals surface area contributed by atoms with Gasteiger partial charge in [-0.1, -0.05) is 0 Å². The van der Waals surface area contributed by atoms with E-state index in [0.717, 1.165) is 0 Å². The van der Waals surface area contributed by atoms with Gasteiger partial charge in [-0.15, -0.1) is 0 Å². The van der Waals surface area contributed by atoms with Crippen LogP contribution in [0.15, 0.2) is 11.8 Å². The van der Waals surface area contributed by atoms with Crippen LogP contribution in [0.1, 0.15) is 19.8 Å². The monoisotopic (exact) mass is 174 g/mol. The van der Waals surface area contributed by atoms with E-state index in [-0.39, 0.29) is 18.8 Å². The molecule has 2 N–H and O–H groups in total. The van der Waals surface area contributed by atoms with E-state index >= 15 is 0 Å². The van der Waals surface area contributed by atoms with Crippen molar-refractivity contribution in [2.24, 2.45) is 0 Å². The average Bonchev–Trinajstić information content (AvgIpc) is 2.10. The summed E-state index contributed by atoms with van der Waals surface area (Å²) in [5.41, 5.74) is 0.180. The minimum atomic E-state index is -0.518. The summed E-state index contributed by atoms with van der Waals surface area (Å²) < 4.78 is 4.72. The first-order valence-electron chi connectivity index (χ1n) is 3.81. The van der Waals surface area contributed by atoms with E-state index in [2.05, 4.69) is 0 Å². The Kier molecular flexibility index (Phi) is 6.09. The maximum atomic E-state index is 10.8. The van der Waals surface area contributed by atoms with Gasteiger partial charge in [0.15, 0.2) is 0 Å². The Labute approximate surface area is 71.5 Å². The van der Waals surface area contributed by atoms with Gasteiger partial charge in [0, 0.05) is 6.61 Å². The first-order valence-corrected chi connectivity index (χ1v) is 3.81. The number of ether oxygens (including phenoxy) is 1. The lowest BCUT2D eigenvalue weighted by Gasteiger charge is -2.02. The molecule has 0 aromatic rings. The second kappa shape index (κ2) is 6.67. The van der Waals surface area contributed by atoms with Crippen LogP contribution in [0.2, 0.25) is 0 Å². The Bertz CT molecular complexity index is 162. The van der Waals surface area contributed by atoms with Gasteiger partial charge in [-0.05, 0) is 19.8 Å². The lowest BCUT2D eigenvalue weighted by atomic mass is 10.3. The molecule has 0 fully saturated rings. The molecule has 4 nitrogen and oxygen atoms in total.